The molecule has 0 aromatic heterocycles. The second-order valence-corrected chi connectivity index (χ2v) is 5.97. The standard InChI is InChI=1S/C16H29NO2/c1-2-19-13-7-12-17-11-6-5-9-15(17)14-8-3-4-10-16(14)18/h14-15H,2-13H2,1H3. The van der Waals surface area contributed by atoms with E-state index < -0.39 is 0 Å². The van der Waals surface area contributed by atoms with E-state index in [0.29, 0.717) is 17.7 Å². The molecule has 2 atom stereocenters. The highest BCUT2D eigenvalue weighted by molar-refractivity contribution is 5.82. The zero-order valence-electron chi connectivity index (χ0n) is 12.4. The maximum atomic E-state index is 12.2. The van der Waals surface area contributed by atoms with Gasteiger partial charge in [0.05, 0.1) is 0 Å². The molecule has 0 bridgehead atoms. The lowest BCUT2D eigenvalue weighted by Gasteiger charge is -2.41. The quantitative estimate of drug-likeness (QED) is 0.693. The highest BCUT2D eigenvalue weighted by Gasteiger charge is 2.34. The van der Waals surface area contributed by atoms with Gasteiger partial charge in [-0.2, -0.15) is 0 Å². The first-order valence-electron chi connectivity index (χ1n) is 8.17. The lowest BCUT2D eigenvalue weighted by atomic mass is 9.79. The summed E-state index contributed by atoms with van der Waals surface area (Å²) in [6, 6.07) is 0.531. The number of hydrogen-bond donors (Lipinski definition) is 0. The Morgan fingerprint density at radius 1 is 1.21 bits per heavy atom. The summed E-state index contributed by atoms with van der Waals surface area (Å²) >= 11 is 0. The van der Waals surface area contributed by atoms with Crippen LogP contribution in [0.25, 0.3) is 0 Å². The minimum absolute atomic E-state index is 0.334. The molecule has 1 saturated carbocycles. The van der Waals surface area contributed by atoms with Gasteiger partial charge >= 0.3 is 0 Å². The zero-order valence-corrected chi connectivity index (χ0v) is 12.4. The van der Waals surface area contributed by atoms with Crippen LogP contribution >= 0.6 is 0 Å². The molecule has 1 aliphatic heterocycles. The number of rotatable bonds is 6. The molecule has 19 heavy (non-hydrogen) atoms. The molecular weight excluding hydrogens is 238 g/mol. The average molecular weight is 267 g/mol. The molecule has 0 radical (unpaired) electrons. The van der Waals surface area contributed by atoms with E-state index >= 15 is 0 Å². The smallest absolute Gasteiger partial charge is 0.137 e. The van der Waals surface area contributed by atoms with Gasteiger partial charge in [0, 0.05) is 38.1 Å². The van der Waals surface area contributed by atoms with Crippen molar-refractivity contribution in [3.05, 3.63) is 0 Å². The van der Waals surface area contributed by atoms with Gasteiger partial charge in [-0.25, -0.2) is 0 Å². The van der Waals surface area contributed by atoms with Crippen LogP contribution in [-0.4, -0.2) is 43.0 Å². The highest BCUT2D eigenvalue weighted by atomic mass is 16.5. The molecule has 110 valence electrons. The van der Waals surface area contributed by atoms with Crippen molar-refractivity contribution in [1.29, 1.82) is 0 Å². The topological polar surface area (TPSA) is 29.5 Å². The third-order valence-electron chi connectivity index (χ3n) is 4.67. The Morgan fingerprint density at radius 2 is 2.05 bits per heavy atom. The van der Waals surface area contributed by atoms with E-state index in [2.05, 4.69) is 4.90 Å². The molecular formula is C16H29NO2. The van der Waals surface area contributed by atoms with E-state index in [4.69, 9.17) is 4.74 Å². The molecule has 1 aliphatic carbocycles. The molecule has 0 N–H and O–H groups in total. The monoisotopic (exact) mass is 267 g/mol. The fraction of sp³-hybridized carbons (Fsp3) is 0.938. The van der Waals surface area contributed by atoms with E-state index in [1.165, 1.54) is 32.2 Å². The summed E-state index contributed by atoms with van der Waals surface area (Å²) in [5.74, 6) is 0.870. The van der Waals surface area contributed by atoms with Crippen molar-refractivity contribution in [2.45, 2.75) is 64.3 Å². The van der Waals surface area contributed by atoms with Gasteiger partial charge in [0.25, 0.3) is 0 Å². The summed E-state index contributed by atoms with van der Waals surface area (Å²) in [5.41, 5.74) is 0. The lowest BCUT2D eigenvalue weighted by molar-refractivity contribution is -0.127. The van der Waals surface area contributed by atoms with Crippen molar-refractivity contribution in [2.24, 2.45) is 5.92 Å². The molecule has 3 heteroatoms. The normalized spacial score (nSPS) is 29.6. The van der Waals surface area contributed by atoms with Crippen molar-refractivity contribution in [3.8, 4) is 0 Å². The first kappa shape index (κ1) is 15.0. The minimum atomic E-state index is 0.334. The number of carbonyl (C=O) groups excluding carboxylic acids is 1. The van der Waals surface area contributed by atoms with E-state index in [0.717, 1.165) is 45.4 Å². The predicted octanol–water partition coefficient (Wildman–Crippen LogP) is 3.03. The van der Waals surface area contributed by atoms with Crippen molar-refractivity contribution in [1.82, 2.24) is 4.90 Å². The van der Waals surface area contributed by atoms with Crippen LogP contribution in [-0.2, 0) is 9.53 Å². The van der Waals surface area contributed by atoms with Crippen molar-refractivity contribution in [3.63, 3.8) is 0 Å². The SMILES string of the molecule is CCOCCCN1CCCCC1C1CCCCC1=O. The number of Topliss-reactive ketones (excluding diaryl/α,β-unsaturated/α-hetero) is 1. The maximum Gasteiger partial charge on any atom is 0.137 e. The van der Waals surface area contributed by atoms with Crippen LogP contribution in [0, 0.1) is 5.92 Å². The van der Waals surface area contributed by atoms with Crippen LogP contribution in [0.3, 0.4) is 0 Å². The minimum Gasteiger partial charge on any atom is -0.382 e. The largest absolute Gasteiger partial charge is 0.382 e. The molecule has 3 nitrogen and oxygen atoms in total. The van der Waals surface area contributed by atoms with E-state index in [9.17, 15) is 4.79 Å². The zero-order chi connectivity index (χ0) is 13.5. The Balaban J connectivity index is 1.85. The van der Waals surface area contributed by atoms with Crippen LogP contribution in [0.2, 0.25) is 0 Å². The first-order chi connectivity index (χ1) is 9.33. The molecule has 0 amide bonds. The lowest BCUT2D eigenvalue weighted by Crippen LogP contribution is -2.47. The maximum absolute atomic E-state index is 12.2. The number of nitrogens with zero attached hydrogens (tertiary/aromatic N) is 1. The van der Waals surface area contributed by atoms with Gasteiger partial charge in [0.15, 0.2) is 0 Å². The molecule has 2 aliphatic rings. The molecule has 0 aromatic rings. The number of ketones is 1. The van der Waals surface area contributed by atoms with Crippen LogP contribution in [0.1, 0.15) is 58.3 Å². The fourth-order valence-corrected chi connectivity index (χ4v) is 3.68. The second-order valence-electron chi connectivity index (χ2n) is 5.97. The van der Waals surface area contributed by atoms with Gasteiger partial charge in [0.1, 0.15) is 5.78 Å². The first-order valence-corrected chi connectivity index (χ1v) is 8.17. The average Bonchev–Trinajstić information content (AvgIpc) is 2.45. The molecule has 0 spiro atoms. The van der Waals surface area contributed by atoms with Crippen molar-refractivity contribution < 1.29 is 9.53 Å². The Labute approximate surface area is 117 Å². The van der Waals surface area contributed by atoms with Gasteiger partial charge in [-0.3, -0.25) is 9.69 Å². The second kappa shape index (κ2) is 8.01. The summed E-state index contributed by atoms with van der Waals surface area (Å²) in [6.07, 6.45) is 9.25. The van der Waals surface area contributed by atoms with Gasteiger partial charge in [-0.05, 0) is 45.6 Å². The summed E-state index contributed by atoms with van der Waals surface area (Å²) < 4.78 is 5.43. The Hall–Kier alpha value is -0.410. The number of ether oxygens (including phenoxy) is 1. The fourth-order valence-electron chi connectivity index (χ4n) is 3.68. The third kappa shape index (κ3) is 4.28. The predicted molar refractivity (Wildman–Crippen MR) is 77.3 cm³/mol. The highest BCUT2D eigenvalue weighted by Crippen LogP contribution is 2.31. The Bertz CT molecular complexity index is 280. The summed E-state index contributed by atoms with van der Waals surface area (Å²) in [7, 11) is 0. The third-order valence-corrected chi connectivity index (χ3v) is 4.67. The van der Waals surface area contributed by atoms with Gasteiger partial charge < -0.3 is 4.74 Å². The van der Waals surface area contributed by atoms with E-state index in [1.54, 1.807) is 0 Å². The van der Waals surface area contributed by atoms with Gasteiger partial charge in [-0.1, -0.05) is 12.8 Å². The van der Waals surface area contributed by atoms with Gasteiger partial charge in [0.2, 0.25) is 0 Å². The van der Waals surface area contributed by atoms with E-state index in [1.807, 2.05) is 6.92 Å². The van der Waals surface area contributed by atoms with Crippen molar-refractivity contribution >= 4 is 5.78 Å². The number of likely N-dealkylation sites (tertiary alicyclic amines) is 1. The molecule has 2 unspecified atom stereocenters. The van der Waals surface area contributed by atoms with Crippen LogP contribution in [0.4, 0.5) is 0 Å². The van der Waals surface area contributed by atoms with E-state index in [-0.39, 0.29) is 0 Å². The Morgan fingerprint density at radius 3 is 2.84 bits per heavy atom. The summed E-state index contributed by atoms with van der Waals surface area (Å²) in [6.45, 7) is 6.00. The van der Waals surface area contributed by atoms with Crippen LogP contribution < -0.4 is 0 Å². The number of hydrogen-bond acceptors (Lipinski definition) is 3. The molecule has 1 heterocycles. The van der Waals surface area contributed by atoms with Crippen molar-refractivity contribution in [2.75, 3.05) is 26.3 Å². The van der Waals surface area contributed by atoms with Crippen LogP contribution in [0.15, 0.2) is 0 Å². The number of piperidine rings is 1. The molecule has 2 fully saturated rings. The van der Waals surface area contributed by atoms with Gasteiger partial charge in [-0.15, -0.1) is 0 Å². The number of carbonyl (C=O) groups is 1. The summed E-state index contributed by atoms with van der Waals surface area (Å²) in [5, 5.41) is 0. The van der Waals surface area contributed by atoms with Crippen LogP contribution in [0.5, 0.6) is 0 Å². The summed E-state index contributed by atoms with van der Waals surface area (Å²) in [4.78, 5) is 14.7. The molecule has 1 saturated heterocycles. The Kier molecular flexibility index (Phi) is 6.32. The molecule has 2 rings (SSSR count). The molecule has 0 aromatic carbocycles.